The van der Waals surface area contributed by atoms with E-state index in [4.69, 9.17) is 9.15 Å². The van der Waals surface area contributed by atoms with Gasteiger partial charge in [-0.25, -0.2) is 4.98 Å². The molecule has 0 unspecified atom stereocenters. The third kappa shape index (κ3) is 4.18. The zero-order valence-electron chi connectivity index (χ0n) is 14.0. The number of carbonyl (C=O) groups is 1. The fourth-order valence-corrected chi connectivity index (χ4v) is 2.97. The Hall–Kier alpha value is -3.52. The second-order valence-corrected chi connectivity index (χ2v) is 6.29. The normalized spacial score (nSPS) is 10.5. The molecule has 2 aromatic carbocycles. The molecule has 0 aliphatic heterocycles. The van der Waals surface area contributed by atoms with Gasteiger partial charge in [-0.05, 0) is 36.4 Å². The van der Waals surface area contributed by atoms with E-state index in [0.717, 1.165) is 11.3 Å². The number of hydrogen-bond acceptors (Lipinski definition) is 7. The van der Waals surface area contributed by atoms with Crippen LogP contribution in [-0.2, 0) is 6.61 Å². The Kier molecular flexibility index (Phi) is 4.88. The predicted octanol–water partition coefficient (Wildman–Crippen LogP) is 4.02. The topological polar surface area (TPSA) is 90.1 Å². The average Bonchev–Trinajstić information content (AvgIpc) is 3.41. The first kappa shape index (κ1) is 16.9. The molecular weight excluding hydrogens is 364 g/mol. The van der Waals surface area contributed by atoms with Crippen molar-refractivity contribution in [3.05, 3.63) is 77.1 Å². The van der Waals surface area contributed by atoms with Crippen LogP contribution in [-0.4, -0.2) is 21.1 Å². The molecule has 1 amide bonds. The third-order valence-electron chi connectivity index (χ3n) is 3.69. The molecule has 4 aromatic rings. The van der Waals surface area contributed by atoms with Gasteiger partial charge in [0, 0.05) is 22.2 Å². The molecular formula is C19H14N4O3S. The third-order valence-corrected chi connectivity index (χ3v) is 4.33. The van der Waals surface area contributed by atoms with E-state index in [2.05, 4.69) is 20.5 Å². The van der Waals surface area contributed by atoms with E-state index in [1.807, 2.05) is 17.5 Å². The van der Waals surface area contributed by atoms with Gasteiger partial charge in [0.2, 0.25) is 12.3 Å². The van der Waals surface area contributed by atoms with Crippen LogP contribution in [0.15, 0.2) is 70.2 Å². The highest BCUT2D eigenvalue weighted by atomic mass is 32.1. The van der Waals surface area contributed by atoms with Gasteiger partial charge in [-0.2, -0.15) is 0 Å². The standard InChI is InChI=1S/C19H14N4O3S/c24-18(22-15-5-1-4-14(7-15)19-23-21-11-26-19)13-3-2-6-17(8-13)25-9-16-10-27-12-20-16/h1-8,10-12H,9H2,(H,22,24). The van der Waals surface area contributed by atoms with Gasteiger partial charge in [0.25, 0.3) is 5.91 Å². The predicted molar refractivity (Wildman–Crippen MR) is 101 cm³/mol. The quantitative estimate of drug-likeness (QED) is 0.545. The summed E-state index contributed by atoms with van der Waals surface area (Å²) in [7, 11) is 0. The number of rotatable bonds is 6. The molecule has 2 heterocycles. The molecule has 0 saturated carbocycles. The van der Waals surface area contributed by atoms with Crippen LogP contribution in [0, 0.1) is 0 Å². The number of thiazole rings is 1. The van der Waals surface area contributed by atoms with Crippen molar-refractivity contribution < 1.29 is 13.9 Å². The molecule has 0 spiro atoms. The summed E-state index contributed by atoms with van der Waals surface area (Å²) in [6.07, 6.45) is 1.26. The molecule has 0 radical (unpaired) electrons. The lowest BCUT2D eigenvalue weighted by atomic mass is 10.1. The smallest absolute Gasteiger partial charge is 0.255 e. The maximum atomic E-state index is 12.6. The van der Waals surface area contributed by atoms with E-state index in [-0.39, 0.29) is 5.91 Å². The first-order valence-electron chi connectivity index (χ1n) is 8.06. The molecule has 1 N–H and O–H groups in total. The van der Waals surface area contributed by atoms with Crippen molar-refractivity contribution in [2.45, 2.75) is 6.61 Å². The Bertz CT molecular complexity index is 1030. The minimum atomic E-state index is -0.239. The molecule has 0 aliphatic rings. The van der Waals surface area contributed by atoms with E-state index in [9.17, 15) is 4.79 Å². The van der Waals surface area contributed by atoms with Gasteiger partial charge in [-0.3, -0.25) is 4.79 Å². The van der Waals surface area contributed by atoms with Crippen molar-refractivity contribution >= 4 is 22.9 Å². The number of benzene rings is 2. The highest BCUT2D eigenvalue weighted by Crippen LogP contribution is 2.21. The summed E-state index contributed by atoms with van der Waals surface area (Å²) in [6.45, 7) is 0.362. The largest absolute Gasteiger partial charge is 0.487 e. The lowest BCUT2D eigenvalue weighted by Crippen LogP contribution is -2.12. The molecule has 8 heteroatoms. The van der Waals surface area contributed by atoms with Crippen molar-refractivity contribution in [2.75, 3.05) is 5.32 Å². The second-order valence-electron chi connectivity index (χ2n) is 5.58. The molecule has 0 fully saturated rings. The van der Waals surface area contributed by atoms with Gasteiger partial charge in [0.1, 0.15) is 12.4 Å². The molecule has 0 saturated heterocycles. The van der Waals surface area contributed by atoms with E-state index in [1.165, 1.54) is 17.7 Å². The van der Waals surface area contributed by atoms with Crippen LogP contribution >= 0.6 is 11.3 Å². The summed E-state index contributed by atoms with van der Waals surface area (Å²) in [5.41, 5.74) is 4.46. The first-order chi connectivity index (χ1) is 13.3. The van der Waals surface area contributed by atoms with Crippen LogP contribution < -0.4 is 10.1 Å². The summed E-state index contributed by atoms with van der Waals surface area (Å²) in [4.78, 5) is 16.7. The average molecular weight is 378 g/mol. The van der Waals surface area contributed by atoms with Gasteiger partial charge in [-0.1, -0.05) is 12.1 Å². The minimum Gasteiger partial charge on any atom is -0.487 e. The fraction of sp³-hybridized carbons (Fsp3) is 0.0526. The van der Waals surface area contributed by atoms with Crippen LogP contribution in [0.2, 0.25) is 0 Å². The van der Waals surface area contributed by atoms with Gasteiger partial charge >= 0.3 is 0 Å². The van der Waals surface area contributed by atoms with Crippen molar-refractivity contribution in [1.82, 2.24) is 15.2 Å². The van der Waals surface area contributed by atoms with E-state index >= 15 is 0 Å². The maximum Gasteiger partial charge on any atom is 0.255 e. The zero-order chi connectivity index (χ0) is 18.5. The Labute approximate surface area is 158 Å². The summed E-state index contributed by atoms with van der Waals surface area (Å²) in [5, 5.41) is 12.3. The molecule has 134 valence electrons. The fourth-order valence-electron chi connectivity index (χ4n) is 2.43. The zero-order valence-corrected chi connectivity index (χ0v) is 14.8. The van der Waals surface area contributed by atoms with Gasteiger partial charge in [0.05, 0.1) is 11.2 Å². The molecule has 0 aliphatic carbocycles. The van der Waals surface area contributed by atoms with Crippen molar-refractivity contribution in [3.8, 4) is 17.2 Å². The van der Waals surface area contributed by atoms with E-state index < -0.39 is 0 Å². The second kappa shape index (κ2) is 7.79. The number of anilines is 1. The summed E-state index contributed by atoms with van der Waals surface area (Å²) < 4.78 is 10.9. The molecule has 27 heavy (non-hydrogen) atoms. The Morgan fingerprint density at radius 1 is 1.19 bits per heavy atom. The van der Waals surface area contributed by atoms with E-state index in [0.29, 0.717) is 29.5 Å². The van der Waals surface area contributed by atoms with Crippen LogP contribution in [0.25, 0.3) is 11.5 Å². The highest BCUT2D eigenvalue weighted by Gasteiger charge is 2.10. The van der Waals surface area contributed by atoms with Gasteiger partial charge < -0.3 is 14.5 Å². The molecule has 0 atom stereocenters. The van der Waals surface area contributed by atoms with Crippen molar-refractivity contribution in [1.29, 1.82) is 0 Å². The molecule has 2 aromatic heterocycles. The molecule has 7 nitrogen and oxygen atoms in total. The Morgan fingerprint density at radius 3 is 2.93 bits per heavy atom. The van der Waals surface area contributed by atoms with Crippen LogP contribution in [0.1, 0.15) is 16.1 Å². The first-order valence-corrected chi connectivity index (χ1v) is 9.00. The Balaban J connectivity index is 1.45. The minimum absolute atomic E-state index is 0.239. The lowest BCUT2D eigenvalue weighted by molar-refractivity contribution is 0.102. The van der Waals surface area contributed by atoms with Gasteiger partial charge in [0.15, 0.2) is 0 Å². The molecule has 0 bridgehead atoms. The summed E-state index contributed by atoms with van der Waals surface area (Å²) in [6, 6.07) is 14.2. The van der Waals surface area contributed by atoms with Crippen LogP contribution in [0.3, 0.4) is 0 Å². The number of aromatic nitrogens is 3. The number of nitrogens with one attached hydrogen (secondary N) is 1. The Morgan fingerprint density at radius 2 is 2.11 bits per heavy atom. The number of amides is 1. The SMILES string of the molecule is O=C(Nc1cccc(-c2nnco2)c1)c1cccc(OCc2cscn2)c1. The van der Waals surface area contributed by atoms with Gasteiger partial charge in [-0.15, -0.1) is 21.5 Å². The monoisotopic (exact) mass is 378 g/mol. The van der Waals surface area contributed by atoms with Crippen molar-refractivity contribution in [2.24, 2.45) is 0 Å². The van der Waals surface area contributed by atoms with Crippen molar-refractivity contribution in [3.63, 3.8) is 0 Å². The number of ether oxygens (including phenoxy) is 1. The van der Waals surface area contributed by atoms with Crippen LogP contribution in [0.4, 0.5) is 5.69 Å². The summed E-state index contributed by atoms with van der Waals surface area (Å²) in [5.74, 6) is 0.760. The summed E-state index contributed by atoms with van der Waals surface area (Å²) >= 11 is 1.51. The van der Waals surface area contributed by atoms with E-state index in [1.54, 1.807) is 41.9 Å². The number of carbonyl (C=O) groups excluding carboxylic acids is 1. The maximum absolute atomic E-state index is 12.6. The molecule has 4 rings (SSSR count). The number of nitrogens with zero attached hydrogens (tertiary/aromatic N) is 3. The highest BCUT2D eigenvalue weighted by molar-refractivity contribution is 7.07. The lowest BCUT2D eigenvalue weighted by Gasteiger charge is -2.08. The number of hydrogen-bond donors (Lipinski definition) is 1. The van der Waals surface area contributed by atoms with Crippen LogP contribution in [0.5, 0.6) is 5.75 Å².